The van der Waals surface area contributed by atoms with E-state index in [0.717, 1.165) is 18.2 Å². The minimum absolute atomic E-state index is 0.136. The first-order valence-corrected chi connectivity index (χ1v) is 5.37. The third kappa shape index (κ3) is 2.45. The third-order valence-electron chi connectivity index (χ3n) is 2.60. The fourth-order valence-electron chi connectivity index (χ4n) is 1.66. The molecule has 0 saturated carbocycles. The number of hydrogen-bond acceptors (Lipinski definition) is 2. The summed E-state index contributed by atoms with van der Waals surface area (Å²) >= 11 is 0. The van der Waals surface area contributed by atoms with E-state index >= 15 is 0 Å². The van der Waals surface area contributed by atoms with Crippen LogP contribution in [0.15, 0.2) is 36.4 Å². The van der Waals surface area contributed by atoms with Gasteiger partial charge in [-0.15, -0.1) is 0 Å². The van der Waals surface area contributed by atoms with Crippen molar-refractivity contribution >= 4 is 5.78 Å². The van der Waals surface area contributed by atoms with Crippen LogP contribution < -0.4 is 4.74 Å². The van der Waals surface area contributed by atoms with Gasteiger partial charge in [-0.25, -0.2) is 13.2 Å². The first-order chi connectivity index (χ1) is 9.04. The van der Waals surface area contributed by atoms with Gasteiger partial charge in [0.2, 0.25) is 0 Å². The molecular weight excluding hydrogens is 257 g/mol. The van der Waals surface area contributed by atoms with Crippen LogP contribution in [0.2, 0.25) is 0 Å². The minimum atomic E-state index is -0.937. The molecule has 0 unspecified atom stereocenters. The Balaban J connectivity index is 2.53. The number of hydrogen-bond donors (Lipinski definition) is 0. The molecule has 0 aromatic heterocycles. The van der Waals surface area contributed by atoms with Gasteiger partial charge in [0.1, 0.15) is 11.6 Å². The largest absolute Gasteiger partial charge is 0.494 e. The quantitative estimate of drug-likeness (QED) is 0.796. The smallest absolute Gasteiger partial charge is 0.199 e. The second-order valence-corrected chi connectivity index (χ2v) is 3.78. The molecule has 98 valence electrons. The van der Waals surface area contributed by atoms with Gasteiger partial charge in [-0.3, -0.25) is 4.79 Å². The van der Waals surface area contributed by atoms with Gasteiger partial charge in [-0.2, -0.15) is 0 Å². The van der Waals surface area contributed by atoms with E-state index in [1.54, 1.807) is 0 Å². The number of carbonyl (C=O) groups excluding carboxylic acids is 1. The molecular formula is C14H9F3O2. The van der Waals surface area contributed by atoms with Gasteiger partial charge in [-0.05, 0) is 30.3 Å². The summed E-state index contributed by atoms with van der Waals surface area (Å²) in [5.41, 5.74) is -0.893. The van der Waals surface area contributed by atoms with Gasteiger partial charge >= 0.3 is 0 Å². The molecule has 0 aliphatic heterocycles. The third-order valence-corrected chi connectivity index (χ3v) is 2.60. The van der Waals surface area contributed by atoms with Crippen LogP contribution in [0.3, 0.4) is 0 Å². The molecule has 2 rings (SSSR count). The predicted octanol–water partition coefficient (Wildman–Crippen LogP) is 3.34. The highest BCUT2D eigenvalue weighted by Crippen LogP contribution is 2.23. The van der Waals surface area contributed by atoms with Gasteiger partial charge < -0.3 is 4.74 Å². The maximum absolute atomic E-state index is 13.9. The van der Waals surface area contributed by atoms with Crippen molar-refractivity contribution in [3.8, 4) is 5.75 Å². The number of halogens is 3. The first-order valence-electron chi connectivity index (χ1n) is 5.37. The number of benzene rings is 2. The highest BCUT2D eigenvalue weighted by atomic mass is 19.1. The van der Waals surface area contributed by atoms with Gasteiger partial charge in [0.05, 0.1) is 18.2 Å². The van der Waals surface area contributed by atoms with E-state index in [0.29, 0.717) is 0 Å². The molecule has 0 bridgehead atoms. The molecule has 2 nitrogen and oxygen atoms in total. The van der Waals surface area contributed by atoms with Crippen LogP contribution in [0.1, 0.15) is 15.9 Å². The van der Waals surface area contributed by atoms with E-state index in [-0.39, 0.29) is 11.3 Å². The first kappa shape index (κ1) is 13.1. The van der Waals surface area contributed by atoms with E-state index < -0.39 is 28.8 Å². The average molecular weight is 266 g/mol. The molecule has 0 saturated heterocycles. The van der Waals surface area contributed by atoms with Crippen LogP contribution in [0.4, 0.5) is 13.2 Å². The molecule has 0 aliphatic carbocycles. The van der Waals surface area contributed by atoms with Crippen LogP contribution >= 0.6 is 0 Å². The summed E-state index contributed by atoms with van der Waals surface area (Å²) in [5.74, 6) is -3.66. The number of rotatable bonds is 3. The Hall–Kier alpha value is -2.30. The highest BCUT2D eigenvalue weighted by Gasteiger charge is 2.20. The topological polar surface area (TPSA) is 26.3 Å². The summed E-state index contributed by atoms with van der Waals surface area (Å²) in [6, 6.07) is 6.34. The molecule has 0 atom stereocenters. The van der Waals surface area contributed by atoms with Crippen molar-refractivity contribution in [3.05, 3.63) is 65.0 Å². The lowest BCUT2D eigenvalue weighted by molar-refractivity contribution is 0.103. The Morgan fingerprint density at radius 3 is 2.47 bits per heavy atom. The average Bonchev–Trinajstić information content (AvgIpc) is 2.41. The van der Waals surface area contributed by atoms with Crippen LogP contribution in [0.5, 0.6) is 5.75 Å². The molecule has 19 heavy (non-hydrogen) atoms. The molecule has 5 heteroatoms. The number of ether oxygens (including phenoxy) is 1. The van der Waals surface area contributed by atoms with Gasteiger partial charge in [-0.1, -0.05) is 6.07 Å². The molecule has 0 N–H and O–H groups in total. The molecule has 0 amide bonds. The van der Waals surface area contributed by atoms with Gasteiger partial charge in [0.25, 0.3) is 0 Å². The van der Waals surface area contributed by atoms with Crippen molar-refractivity contribution in [2.24, 2.45) is 0 Å². The van der Waals surface area contributed by atoms with Crippen molar-refractivity contribution in [3.63, 3.8) is 0 Å². The molecule has 2 aromatic carbocycles. The van der Waals surface area contributed by atoms with Crippen LogP contribution in [0, 0.1) is 17.5 Å². The second-order valence-electron chi connectivity index (χ2n) is 3.78. The maximum Gasteiger partial charge on any atom is 0.199 e. The van der Waals surface area contributed by atoms with Crippen LogP contribution in [-0.4, -0.2) is 12.9 Å². The normalized spacial score (nSPS) is 10.3. The van der Waals surface area contributed by atoms with Crippen molar-refractivity contribution in [2.45, 2.75) is 0 Å². The van der Waals surface area contributed by atoms with E-state index in [9.17, 15) is 18.0 Å². The SMILES string of the molecule is COc1cccc(C(=O)c2cc(F)ccc2F)c1F. The Morgan fingerprint density at radius 1 is 1.05 bits per heavy atom. The fourth-order valence-corrected chi connectivity index (χ4v) is 1.66. The monoisotopic (exact) mass is 266 g/mol. The van der Waals surface area contributed by atoms with Gasteiger partial charge in [0.15, 0.2) is 17.3 Å². The van der Waals surface area contributed by atoms with E-state index in [1.807, 2.05) is 0 Å². The zero-order chi connectivity index (χ0) is 14.0. The number of methoxy groups -OCH3 is 1. The van der Waals surface area contributed by atoms with E-state index in [4.69, 9.17) is 4.74 Å². The molecule has 2 aromatic rings. The summed E-state index contributed by atoms with van der Waals surface area (Å²) < 4.78 is 45.1. The van der Waals surface area contributed by atoms with Crippen molar-refractivity contribution < 1.29 is 22.7 Å². The summed E-state index contributed by atoms with van der Waals surface area (Å²) in [6.07, 6.45) is 0. The summed E-state index contributed by atoms with van der Waals surface area (Å²) in [5, 5.41) is 0. The maximum atomic E-state index is 13.9. The number of carbonyl (C=O) groups is 1. The molecule has 0 aliphatic rings. The summed E-state index contributed by atoms with van der Waals surface area (Å²) in [7, 11) is 1.25. The Kier molecular flexibility index (Phi) is 3.55. The molecule has 0 heterocycles. The van der Waals surface area contributed by atoms with Crippen LogP contribution in [-0.2, 0) is 0 Å². The van der Waals surface area contributed by atoms with Crippen molar-refractivity contribution in [1.82, 2.24) is 0 Å². The lowest BCUT2D eigenvalue weighted by Crippen LogP contribution is -2.08. The fraction of sp³-hybridized carbons (Fsp3) is 0.0714. The molecule has 0 radical (unpaired) electrons. The number of ketones is 1. The van der Waals surface area contributed by atoms with Crippen molar-refractivity contribution in [1.29, 1.82) is 0 Å². The molecule has 0 spiro atoms. The Labute approximate surface area is 107 Å². The van der Waals surface area contributed by atoms with Gasteiger partial charge in [0, 0.05) is 0 Å². The van der Waals surface area contributed by atoms with E-state index in [2.05, 4.69) is 0 Å². The molecule has 0 fully saturated rings. The summed E-state index contributed by atoms with van der Waals surface area (Å²) in [6.45, 7) is 0. The van der Waals surface area contributed by atoms with E-state index in [1.165, 1.54) is 25.3 Å². The summed E-state index contributed by atoms with van der Waals surface area (Å²) in [4.78, 5) is 12.0. The highest BCUT2D eigenvalue weighted by molar-refractivity contribution is 6.09. The van der Waals surface area contributed by atoms with Crippen LogP contribution in [0.25, 0.3) is 0 Å². The lowest BCUT2D eigenvalue weighted by atomic mass is 10.0. The lowest BCUT2D eigenvalue weighted by Gasteiger charge is -2.07. The zero-order valence-electron chi connectivity index (χ0n) is 9.91. The predicted molar refractivity (Wildman–Crippen MR) is 62.7 cm³/mol. The Bertz CT molecular complexity index is 639. The minimum Gasteiger partial charge on any atom is -0.494 e. The second kappa shape index (κ2) is 5.14. The zero-order valence-corrected chi connectivity index (χ0v) is 9.91. The van der Waals surface area contributed by atoms with Crippen molar-refractivity contribution in [2.75, 3.05) is 7.11 Å². The Morgan fingerprint density at radius 2 is 1.79 bits per heavy atom. The standard InChI is InChI=1S/C14H9F3O2/c1-19-12-4-2-3-9(13(12)17)14(18)10-7-8(15)5-6-11(10)16/h2-7H,1H3.